The molecule has 1 aliphatic heterocycles. The summed E-state index contributed by atoms with van der Waals surface area (Å²) < 4.78 is 2.40. The largest absolute Gasteiger partial charge is 0.339 e. The quantitative estimate of drug-likeness (QED) is 0.510. The highest BCUT2D eigenvalue weighted by molar-refractivity contribution is 6.09. The lowest BCUT2D eigenvalue weighted by molar-refractivity contribution is -0.119. The summed E-state index contributed by atoms with van der Waals surface area (Å²) in [5, 5.41) is 1.24. The van der Waals surface area contributed by atoms with Gasteiger partial charge in [-0.1, -0.05) is 56.3 Å². The third-order valence-electron chi connectivity index (χ3n) is 6.56. The molecule has 158 valence electrons. The van der Waals surface area contributed by atoms with Crippen LogP contribution in [0.4, 0.5) is 5.69 Å². The molecule has 4 rings (SSSR count). The number of carbonyl (C=O) groups is 1. The van der Waals surface area contributed by atoms with Crippen LogP contribution in [-0.4, -0.2) is 41.6 Å². The maximum Gasteiger partial charge on any atom is 0.229 e. The van der Waals surface area contributed by atoms with Gasteiger partial charge in [0.2, 0.25) is 5.91 Å². The monoisotopic (exact) mass is 403 g/mol. The van der Waals surface area contributed by atoms with E-state index < -0.39 is 0 Å². The molecule has 1 amide bonds. The third kappa shape index (κ3) is 3.54. The normalized spacial score (nSPS) is 16.5. The van der Waals surface area contributed by atoms with E-state index in [1.807, 2.05) is 4.90 Å². The fraction of sp³-hybridized carbons (Fsp3) is 0.423. The smallest absolute Gasteiger partial charge is 0.229 e. The van der Waals surface area contributed by atoms with E-state index in [1.165, 1.54) is 27.7 Å². The van der Waals surface area contributed by atoms with Crippen molar-refractivity contribution in [2.24, 2.45) is 0 Å². The molecule has 2 aromatic carbocycles. The van der Waals surface area contributed by atoms with Crippen LogP contribution in [0.1, 0.15) is 45.3 Å². The molecule has 2 heterocycles. The maximum atomic E-state index is 13.2. The Bertz CT molecular complexity index is 1030. The van der Waals surface area contributed by atoms with Gasteiger partial charge in [0.05, 0.1) is 11.2 Å². The zero-order valence-electron chi connectivity index (χ0n) is 18.7. The van der Waals surface area contributed by atoms with Crippen LogP contribution in [0, 0.1) is 6.92 Å². The highest BCUT2D eigenvalue weighted by Crippen LogP contribution is 2.43. The summed E-state index contributed by atoms with van der Waals surface area (Å²) in [5.74, 6) is 0.235. The van der Waals surface area contributed by atoms with Crippen molar-refractivity contribution in [3.8, 4) is 11.1 Å². The Hall–Kier alpha value is -2.59. The van der Waals surface area contributed by atoms with Gasteiger partial charge in [0.25, 0.3) is 0 Å². The topological polar surface area (TPSA) is 28.5 Å². The zero-order valence-corrected chi connectivity index (χ0v) is 18.7. The molecule has 0 bridgehead atoms. The first kappa shape index (κ1) is 20.7. The molecule has 3 aromatic rings. The SMILES string of the molecule is CCN(CC)CCCN1C(=O)CC(C)n2c(C)c(-c3ccccc3)c3cccc1c32. The molecule has 0 saturated heterocycles. The van der Waals surface area contributed by atoms with Gasteiger partial charge in [-0.15, -0.1) is 0 Å². The molecule has 0 radical (unpaired) electrons. The van der Waals surface area contributed by atoms with Crippen molar-refractivity contribution in [3.63, 3.8) is 0 Å². The highest BCUT2D eigenvalue weighted by atomic mass is 16.2. The summed E-state index contributed by atoms with van der Waals surface area (Å²) >= 11 is 0. The molecule has 30 heavy (non-hydrogen) atoms. The Labute approximate surface area is 180 Å². The summed E-state index contributed by atoms with van der Waals surface area (Å²) in [6.45, 7) is 12.7. The second kappa shape index (κ2) is 8.65. The maximum absolute atomic E-state index is 13.2. The fourth-order valence-electron chi connectivity index (χ4n) is 5.03. The number of carbonyl (C=O) groups excluding carboxylic acids is 1. The molecule has 1 aliphatic rings. The van der Waals surface area contributed by atoms with E-state index in [4.69, 9.17) is 0 Å². The van der Waals surface area contributed by atoms with E-state index in [0.717, 1.165) is 38.3 Å². The van der Waals surface area contributed by atoms with Crippen LogP contribution in [0.2, 0.25) is 0 Å². The minimum Gasteiger partial charge on any atom is -0.339 e. The van der Waals surface area contributed by atoms with Gasteiger partial charge in [-0.05, 0) is 51.5 Å². The lowest BCUT2D eigenvalue weighted by atomic mass is 10.0. The van der Waals surface area contributed by atoms with Crippen LogP contribution in [0.5, 0.6) is 0 Å². The van der Waals surface area contributed by atoms with E-state index in [1.54, 1.807) is 0 Å². The number of para-hydroxylation sites is 1. The number of hydrogen-bond acceptors (Lipinski definition) is 2. The van der Waals surface area contributed by atoms with Gasteiger partial charge >= 0.3 is 0 Å². The van der Waals surface area contributed by atoms with Gasteiger partial charge in [0, 0.05) is 35.7 Å². The zero-order chi connectivity index (χ0) is 21.3. The van der Waals surface area contributed by atoms with E-state index in [9.17, 15) is 4.79 Å². The summed E-state index contributed by atoms with van der Waals surface area (Å²) in [4.78, 5) is 17.7. The second-order valence-electron chi connectivity index (χ2n) is 8.35. The average molecular weight is 404 g/mol. The number of rotatable bonds is 7. The number of anilines is 1. The van der Waals surface area contributed by atoms with Crippen LogP contribution in [0.25, 0.3) is 22.0 Å². The number of aromatic nitrogens is 1. The van der Waals surface area contributed by atoms with Crippen molar-refractivity contribution in [1.29, 1.82) is 0 Å². The molecule has 1 unspecified atom stereocenters. The van der Waals surface area contributed by atoms with Crippen molar-refractivity contribution in [1.82, 2.24) is 9.47 Å². The lowest BCUT2D eigenvalue weighted by Crippen LogP contribution is -2.34. The van der Waals surface area contributed by atoms with E-state index >= 15 is 0 Å². The summed E-state index contributed by atoms with van der Waals surface area (Å²) in [5.41, 5.74) is 6.04. The molecule has 0 fully saturated rings. The van der Waals surface area contributed by atoms with Crippen molar-refractivity contribution in [2.75, 3.05) is 31.1 Å². The predicted octanol–water partition coefficient (Wildman–Crippen LogP) is 5.65. The molecular formula is C26H33N3O. The van der Waals surface area contributed by atoms with Crippen molar-refractivity contribution >= 4 is 22.5 Å². The number of benzene rings is 2. The van der Waals surface area contributed by atoms with Gasteiger partial charge in [-0.3, -0.25) is 4.79 Å². The molecule has 1 atom stereocenters. The van der Waals surface area contributed by atoms with Gasteiger partial charge in [0.1, 0.15) is 0 Å². The Kier molecular flexibility index (Phi) is 5.96. The van der Waals surface area contributed by atoms with Crippen LogP contribution in [0.15, 0.2) is 48.5 Å². The van der Waals surface area contributed by atoms with Gasteiger partial charge < -0.3 is 14.4 Å². The van der Waals surface area contributed by atoms with Crippen molar-refractivity contribution in [3.05, 3.63) is 54.2 Å². The Balaban J connectivity index is 1.80. The predicted molar refractivity (Wildman–Crippen MR) is 126 cm³/mol. The van der Waals surface area contributed by atoms with E-state index in [-0.39, 0.29) is 11.9 Å². The molecule has 0 saturated carbocycles. The lowest BCUT2D eigenvalue weighted by Gasteiger charge is -2.24. The van der Waals surface area contributed by atoms with Crippen molar-refractivity contribution < 1.29 is 4.79 Å². The first-order valence-electron chi connectivity index (χ1n) is 11.3. The van der Waals surface area contributed by atoms with Gasteiger partial charge in [-0.25, -0.2) is 0 Å². The van der Waals surface area contributed by atoms with Crippen LogP contribution in [-0.2, 0) is 4.79 Å². The van der Waals surface area contributed by atoms with Crippen LogP contribution in [0.3, 0.4) is 0 Å². The summed E-state index contributed by atoms with van der Waals surface area (Å²) in [6.07, 6.45) is 1.53. The Morgan fingerprint density at radius 2 is 1.77 bits per heavy atom. The van der Waals surface area contributed by atoms with Gasteiger partial charge in [-0.2, -0.15) is 0 Å². The molecule has 4 nitrogen and oxygen atoms in total. The first-order chi connectivity index (χ1) is 14.6. The standard InChI is InChI=1S/C26H33N3O/c1-5-27(6-2)16-11-17-28-23-15-10-14-22-25(21-12-8-7-9-13-21)20(4)29(26(22)23)19(3)18-24(28)30/h7-10,12-15,19H,5-6,11,16-18H2,1-4H3. The molecule has 0 N–H and O–H groups in total. The Morgan fingerprint density at radius 3 is 2.47 bits per heavy atom. The summed E-state index contributed by atoms with van der Waals surface area (Å²) in [7, 11) is 0. The molecule has 1 aromatic heterocycles. The van der Waals surface area contributed by atoms with E-state index in [0.29, 0.717) is 6.42 Å². The van der Waals surface area contributed by atoms with E-state index in [2.05, 4.69) is 85.7 Å². The fourth-order valence-corrected chi connectivity index (χ4v) is 5.03. The molecule has 4 heteroatoms. The molecule has 0 aliphatic carbocycles. The Morgan fingerprint density at radius 1 is 1.03 bits per heavy atom. The average Bonchev–Trinajstić information content (AvgIpc) is 3.00. The number of amides is 1. The first-order valence-corrected chi connectivity index (χ1v) is 11.3. The minimum absolute atomic E-state index is 0.145. The summed E-state index contributed by atoms with van der Waals surface area (Å²) in [6, 6.07) is 17.2. The molecular weight excluding hydrogens is 370 g/mol. The number of nitrogens with zero attached hydrogens (tertiary/aromatic N) is 3. The second-order valence-corrected chi connectivity index (χ2v) is 8.35. The molecule has 0 spiro atoms. The van der Waals surface area contributed by atoms with Crippen LogP contribution < -0.4 is 4.90 Å². The minimum atomic E-state index is 0.145. The van der Waals surface area contributed by atoms with Crippen molar-refractivity contribution in [2.45, 2.75) is 46.6 Å². The van der Waals surface area contributed by atoms with Gasteiger partial charge in [0.15, 0.2) is 0 Å². The van der Waals surface area contributed by atoms with Crippen LogP contribution >= 0.6 is 0 Å². The number of hydrogen-bond donors (Lipinski definition) is 0. The third-order valence-corrected chi connectivity index (χ3v) is 6.56. The highest BCUT2D eigenvalue weighted by Gasteiger charge is 2.30.